The molecule has 0 amide bonds. The van der Waals surface area contributed by atoms with Gasteiger partial charge in [0, 0.05) is 38.4 Å². The van der Waals surface area contributed by atoms with Gasteiger partial charge in [-0.05, 0) is 24.1 Å². The van der Waals surface area contributed by atoms with E-state index in [4.69, 9.17) is 26.8 Å². The molecule has 1 aliphatic heterocycles. The highest BCUT2D eigenvalue weighted by Gasteiger charge is 2.38. The number of halogens is 1. The van der Waals surface area contributed by atoms with Gasteiger partial charge in [0.15, 0.2) is 0 Å². The average molecular weight is 313 g/mol. The van der Waals surface area contributed by atoms with Crippen molar-refractivity contribution in [2.45, 2.75) is 37.6 Å². The third-order valence-electron chi connectivity index (χ3n) is 4.31. The summed E-state index contributed by atoms with van der Waals surface area (Å²) in [6.07, 6.45) is 1.07. The van der Waals surface area contributed by atoms with Crippen LogP contribution in [0.4, 0.5) is 0 Å². The summed E-state index contributed by atoms with van der Waals surface area (Å²) in [5.41, 5.74) is 7.54. The maximum Gasteiger partial charge on any atom is 0.0972 e. The summed E-state index contributed by atoms with van der Waals surface area (Å²) >= 11 is 6.15. The van der Waals surface area contributed by atoms with E-state index in [1.807, 2.05) is 18.2 Å². The fraction of sp³-hybridized carbons (Fsp3) is 0.625. The number of hydrogen-bond acceptors (Lipinski definition) is 4. The van der Waals surface area contributed by atoms with E-state index in [2.05, 4.69) is 17.9 Å². The second-order valence-electron chi connectivity index (χ2n) is 5.57. The first kappa shape index (κ1) is 16.7. The second kappa shape index (κ2) is 7.56. The van der Waals surface area contributed by atoms with Crippen molar-refractivity contribution in [1.29, 1.82) is 0 Å². The minimum absolute atomic E-state index is 0.0524. The van der Waals surface area contributed by atoms with Gasteiger partial charge in [-0.2, -0.15) is 0 Å². The van der Waals surface area contributed by atoms with Gasteiger partial charge in [-0.1, -0.05) is 30.7 Å². The van der Waals surface area contributed by atoms with E-state index in [0.717, 1.165) is 30.1 Å². The Hall–Kier alpha value is -0.650. The highest BCUT2D eigenvalue weighted by Crippen LogP contribution is 2.31. The Morgan fingerprint density at radius 3 is 2.38 bits per heavy atom. The lowest BCUT2D eigenvalue weighted by atomic mass is 9.96. The molecule has 2 rings (SSSR count). The highest BCUT2D eigenvalue weighted by atomic mass is 35.5. The van der Waals surface area contributed by atoms with E-state index in [0.29, 0.717) is 0 Å². The third-order valence-corrected chi connectivity index (χ3v) is 4.54. The summed E-state index contributed by atoms with van der Waals surface area (Å²) in [6, 6.07) is 8.14. The van der Waals surface area contributed by atoms with Gasteiger partial charge < -0.3 is 15.2 Å². The molecule has 0 saturated carbocycles. The second-order valence-corrected chi connectivity index (χ2v) is 6.01. The van der Waals surface area contributed by atoms with E-state index in [9.17, 15) is 0 Å². The summed E-state index contributed by atoms with van der Waals surface area (Å²) < 4.78 is 11.1. The lowest BCUT2D eigenvalue weighted by Gasteiger charge is -2.32. The molecule has 4 atom stereocenters. The number of nitrogens with zero attached hydrogens (tertiary/aromatic N) is 1. The third kappa shape index (κ3) is 3.76. The van der Waals surface area contributed by atoms with Crippen LogP contribution >= 0.6 is 11.6 Å². The average Bonchev–Trinajstić information content (AvgIpc) is 2.90. The van der Waals surface area contributed by atoms with Crippen LogP contribution in [0, 0.1) is 0 Å². The molecular weight excluding hydrogens is 288 g/mol. The number of nitrogens with two attached hydrogens (primary N) is 1. The van der Waals surface area contributed by atoms with E-state index >= 15 is 0 Å². The summed E-state index contributed by atoms with van der Waals surface area (Å²) in [4.78, 5) is 2.35. The minimum Gasteiger partial charge on any atom is -0.377 e. The Bertz CT molecular complexity index is 446. The molecule has 21 heavy (non-hydrogen) atoms. The molecular formula is C16H25ClN2O2. The van der Waals surface area contributed by atoms with Gasteiger partial charge >= 0.3 is 0 Å². The van der Waals surface area contributed by atoms with E-state index in [1.165, 1.54) is 0 Å². The molecule has 0 aliphatic carbocycles. The van der Waals surface area contributed by atoms with E-state index in [1.54, 1.807) is 14.2 Å². The standard InChI is InChI=1S/C16H25ClN2O2/c1-4-13(18)16(11-6-5-7-12(17)8-11)19-9-14(20-2)15(10-19)21-3/h5-8,13-16H,4,9-10,18H2,1-3H3. The first-order valence-electron chi connectivity index (χ1n) is 7.41. The summed E-state index contributed by atoms with van der Waals surface area (Å²) in [7, 11) is 3.46. The Balaban J connectivity index is 2.25. The lowest BCUT2D eigenvalue weighted by Crippen LogP contribution is -2.40. The number of benzene rings is 1. The Labute approximate surface area is 132 Å². The lowest BCUT2D eigenvalue weighted by molar-refractivity contribution is -0.00461. The number of methoxy groups -OCH3 is 2. The maximum atomic E-state index is 6.39. The van der Waals surface area contributed by atoms with E-state index < -0.39 is 0 Å². The summed E-state index contributed by atoms with van der Waals surface area (Å²) in [5.74, 6) is 0. The number of hydrogen-bond donors (Lipinski definition) is 1. The molecule has 1 aromatic carbocycles. The monoisotopic (exact) mass is 312 g/mol. The maximum absolute atomic E-state index is 6.39. The molecule has 1 saturated heterocycles. The van der Waals surface area contributed by atoms with Gasteiger partial charge in [0.25, 0.3) is 0 Å². The van der Waals surface area contributed by atoms with Crippen LogP contribution in [0.15, 0.2) is 24.3 Å². The molecule has 2 N–H and O–H groups in total. The molecule has 4 nitrogen and oxygen atoms in total. The van der Waals surface area contributed by atoms with Crippen LogP contribution < -0.4 is 5.73 Å². The molecule has 1 fully saturated rings. The van der Waals surface area contributed by atoms with Gasteiger partial charge in [0.2, 0.25) is 0 Å². The minimum atomic E-state index is 0.0524. The van der Waals surface area contributed by atoms with Crippen LogP contribution in [0.25, 0.3) is 0 Å². The first-order chi connectivity index (χ1) is 10.1. The Morgan fingerprint density at radius 1 is 1.29 bits per heavy atom. The topological polar surface area (TPSA) is 47.7 Å². The fourth-order valence-corrected chi connectivity index (χ4v) is 3.29. The molecule has 5 heteroatoms. The van der Waals surface area contributed by atoms with Crippen LogP contribution in [0.2, 0.25) is 5.02 Å². The van der Waals surface area contributed by atoms with Crippen LogP contribution in [-0.2, 0) is 9.47 Å². The summed E-state index contributed by atoms with van der Waals surface area (Å²) in [6.45, 7) is 3.75. The van der Waals surface area contributed by atoms with Crippen LogP contribution in [0.1, 0.15) is 24.9 Å². The Kier molecular flexibility index (Phi) is 6.02. The normalized spacial score (nSPS) is 26.0. The van der Waals surface area contributed by atoms with Crippen molar-refractivity contribution in [3.05, 3.63) is 34.9 Å². The van der Waals surface area contributed by atoms with Crippen molar-refractivity contribution in [2.75, 3.05) is 27.3 Å². The van der Waals surface area contributed by atoms with Crippen molar-refractivity contribution < 1.29 is 9.47 Å². The molecule has 1 heterocycles. The molecule has 1 aromatic rings. The number of likely N-dealkylation sites (tertiary alicyclic amines) is 1. The summed E-state index contributed by atoms with van der Waals surface area (Å²) in [5, 5.41) is 0.742. The van der Waals surface area contributed by atoms with Crippen molar-refractivity contribution in [2.24, 2.45) is 5.73 Å². The SMILES string of the molecule is CCC(N)C(c1cccc(Cl)c1)N1CC(OC)C(OC)C1. The fourth-order valence-electron chi connectivity index (χ4n) is 3.09. The number of ether oxygens (including phenoxy) is 2. The van der Waals surface area contributed by atoms with Crippen LogP contribution in [0.5, 0.6) is 0 Å². The smallest absolute Gasteiger partial charge is 0.0972 e. The quantitative estimate of drug-likeness (QED) is 0.876. The van der Waals surface area contributed by atoms with Crippen molar-refractivity contribution in [3.63, 3.8) is 0 Å². The zero-order valence-electron chi connectivity index (χ0n) is 13.0. The van der Waals surface area contributed by atoms with Gasteiger partial charge in [-0.25, -0.2) is 0 Å². The predicted octanol–water partition coefficient (Wildman–Crippen LogP) is 2.46. The van der Waals surface area contributed by atoms with Crippen molar-refractivity contribution >= 4 is 11.6 Å². The molecule has 0 spiro atoms. The zero-order valence-corrected chi connectivity index (χ0v) is 13.7. The molecule has 1 aliphatic rings. The van der Waals surface area contributed by atoms with Gasteiger partial charge in [-0.3, -0.25) is 4.90 Å². The number of rotatable bonds is 6. The molecule has 118 valence electrons. The van der Waals surface area contributed by atoms with Crippen LogP contribution in [0.3, 0.4) is 0 Å². The van der Waals surface area contributed by atoms with Gasteiger partial charge in [-0.15, -0.1) is 0 Å². The van der Waals surface area contributed by atoms with Crippen LogP contribution in [-0.4, -0.2) is 50.5 Å². The molecule has 0 radical (unpaired) electrons. The van der Waals surface area contributed by atoms with Crippen molar-refractivity contribution in [1.82, 2.24) is 4.90 Å². The Morgan fingerprint density at radius 2 is 1.90 bits per heavy atom. The largest absolute Gasteiger partial charge is 0.377 e. The zero-order chi connectivity index (χ0) is 15.4. The molecule has 0 aromatic heterocycles. The van der Waals surface area contributed by atoms with Crippen molar-refractivity contribution in [3.8, 4) is 0 Å². The van der Waals surface area contributed by atoms with E-state index in [-0.39, 0.29) is 24.3 Å². The molecule has 4 unspecified atom stereocenters. The van der Waals surface area contributed by atoms with Gasteiger partial charge in [0.1, 0.15) is 0 Å². The molecule has 0 bridgehead atoms. The highest BCUT2D eigenvalue weighted by molar-refractivity contribution is 6.30. The predicted molar refractivity (Wildman–Crippen MR) is 85.6 cm³/mol. The first-order valence-corrected chi connectivity index (χ1v) is 7.79. The van der Waals surface area contributed by atoms with Gasteiger partial charge in [0.05, 0.1) is 18.2 Å².